The van der Waals surface area contributed by atoms with Gasteiger partial charge in [-0.25, -0.2) is 4.39 Å². The fourth-order valence-electron chi connectivity index (χ4n) is 6.60. The van der Waals surface area contributed by atoms with Crippen LogP contribution in [0.15, 0.2) is 54.0 Å². The first kappa shape index (κ1) is 30.5. The summed E-state index contributed by atoms with van der Waals surface area (Å²) >= 11 is 0. The van der Waals surface area contributed by atoms with Crippen molar-refractivity contribution in [3.05, 3.63) is 70.8 Å². The fraction of sp³-hybridized carbons (Fsp3) is 0.400. The summed E-state index contributed by atoms with van der Waals surface area (Å²) in [6.45, 7) is 13.7. The van der Waals surface area contributed by atoms with E-state index in [1.807, 2.05) is 41.0 Å². The van der Waals surface area contributed by atoms with Crippen molar-refractivity contribution in [1.82, 2.24) is 19.7 Å². The molecule has 7 rings (SSSR count). The average Bonchev–Trinajstić information content (AvgIpc) is 3.08. The van der Waals surface area contributed by atoms with Crippen molar-refractivity contribution in [2.24, 2.45) is 0 Å². The smallest absolute Gasteiger partial charge is 0.201 e. The summed E-state index contributed by atoms with van der Waals surface area (Å²) in [5.41, 5.74) is 8.02. The van der Waals surface area contributed by atoms with Crippen LogP contribution in [-0.4, -0.2) is 93.2 Å². The number of rotatable bonds is 11. The number of pyridine rings is 1. The van der Waals surface area contributed by atoms with Crippen molar-refractivity contribution in [3.8, 4) is 17.2 Å². The number of hydrogen-bond donors (Lipinski definition) is 3. The topological polar surface area (TPSA) is 106 Å². The van der Waals surface area contributed by atoms with E-state index in [0.29, 0.717) is 35.6 Å². The molecule has 3 aliphatic rings. The summed E-state index contributed by atoms with van der Waals surface area (Å²) in [5.74, 6) is 0.123. The van der Waals surface area contributed by atoms with E-state index in [9.17, 15) is 4.79 Å². The van der Waals surface area contributed by atoms with Crippen LogP contribution in [0.5, 0.6) is 11.5 Å². The lowest BCUT2D eigenvalue weighted by Gasteiger charge is -2.28. The molecule has 4 heterocycles. The van der Waals surface area contributed by atoms with Gasteiger partial charge in [-0.3, -0.25) is 14.6 Å². The Balaban J connectivity index is 1.24. The lowest BCUT2D eigenvalue weighted by Crippen LogP contribution is -2.37. The summed E-state index contributed by atoms with van der Waals surface area (Å²) in [6.07, 6.45) is 3.45. The molecule has 0 radical (unpaired) electrons. The van der Waals surface area contributed by atoms with Crippen LogP contribution in [0.1, 0.15) is 18.4 Å². The maximum atomic E-state index is 16.2. The summed E-state index contributed by atoms with van der Waals surface area (Å²) in [4.78, 5) is 18.8. The first-order valence-corrected chi connectivity index (χ1v) is 16.2. The number of fused-ring (bicyclic) bond motifs is 3. The minimum Gasteiger partial charge on any atom is -0.451 e. The molecular weight excluding hydrogens is 587 g/mol. The van der Waals surface area contributed by atoms with Gasteiger partial charge in [0.25, 0.3) is 0 Å². The van der Waals surface area contributed by atoms with Gasteiger partial charge < -0.3 is 35.1 Å². The minimum atomic E-state index is -0.692. The summed E-state index contributed by atoms with van der Waals surface area (Å²) < 4.78 is 35.5. The zero-order chi connectivity index (χ0) is 31.6. The standard InChI is InChI=1S/C35H41FN6O4/c1-23(38-8-4-10-40-12-16-44-17-13-40)26-22-42-27-20-24-6-2-3-7-25(24)21-28(27)46-35-32(30(36)31(37)29(33(35)42)34(26)43)39-9-5-11-41-14-18-45-19-15-41/h2-3,6-7,20-22,38-39H,1,4-5,8-19,37H2. The largest absolute Gasteiger partial charge is 0.451 e. The Hall–Kier alpha value is -4.16. The fourth-order valence-corrected chi connectivity index (χ4v) is 6.60. The van der Waals surface area contributed by atoms with Gasteiger partial charge in [0.1, 0.15) is 11.2 Å². The second-order valence-electron chi connectivity index (χ2n) is 12.1. The maximum absolute atomic E-state index is 16.2. The van der Waals surface area contributed by atoms with E-state index in [-0.39, 0.29) is 27.9 Å². The Bertz CT molecular complexity index is 1830. The van der Waals surface area contributed by atoms with E-state index < -0.39 is 5.82 Å². The van der Waals surface area contributed by atoms with E-state index in [1.54, 1.807) is 6.20 Å². The number of anilines is 2. The molecule has 3 aromatic carbocycles. The van der Waals surface area contributed by atoms with Gasteiger partial charge in [-0.15, -0.1) is 0 Å². The van der Waals surface area contributed by atoms with Crippen LogP contribution in [0.3, 0.4) is 0 Å². The van der Waals surface area contributed by atoms with Gasteiger partial charge in [0, 0.05) is 51.2 Å². The van der Waals surface area contributed by atoms with E-state index in [0.717, 1.165) is 95.0 Å². The Morgan fingerprint density at radius 2 is 1.57 bits per heavy atom. The average molecular weight is 629 g/mol. The molecule has 0 amide bonds. The van der Waals surface area contributed by atoms with Gasteiger partial charge in [-0.1, -0.05) is 30.8 Å². The molecule has 2 saturated heterocycles. The predicted molar refractivity (Wildman–Crippen MR) is 181 cm³/mol. The molecule has 4 aromatic rings. The van der Waals surface area contributed by atoms with Gasteiger partial charge in [0.05, 0.1) is 48.8 Å². The van der Waals surface area contributed by atoms with Crippen molar-refractivity contribution in [1.29, 1.82) is 0 Å². The van der Waals surface area contributed by atoms with Crippen molar-refractivity contribution < 1.29 is 18.6 Å². The summed E-state index contributed by atoms with van der Waals surface area (Å²) in [5, 5.41) is 8.67. The highest BCUT2D eigenvalue weighted by atomic mass is 19.1. The van der Waals surface area contributed by atoms with Gasteiger partial charge in [0.15, 0.2) is 17.3 Å². The molecule has 3 aliphatic heterocycles. The molecule has 4 N–H and O–H groups in total. The molecule has 242 valence electrons. The summed E-state index contributed by atoms with van der Waals surface area (Å²) in [6, 6.07) is 12.0. The molecule has 46 heavy (non-hydrogen) atoms. The number of ether oxygens (including phenoxy) is 3. The zero-order valence-electron chi connectivity index (χ0n) is 26.1. The molecule has 11 heteroatoms. The molecule has 0 unspecified atom stereocenters. The highest BCUT2D eigenvalue weighted by Crippen LogP contribution is 2.48. The van der Waals surface area contributed by atoms with Crippen LogP contribution >= 0.6 is 0 Å². The quantitative estimate of drug-likeness (QED) is 0.145. The SMILES string of the molecule is C=C(NCCCN1CCOCC1)c1cn2c3c(c(NCCCN4CCOCC4)c(F)c(N)c3c1=O)Oc1cc3ccccc3cc1-2. The van der Waals surface area contributed by atoms with Crippen LogP contribution in [0.2, 0.25) is 0 Å². The third-order valence-corrected chi connectivity index (χ3v) is 9.15. The number of benzene rings is 3. The predicted octanol–water partition coefficient (Wildman–Crippen LogP) is 4.39. The number of halogens is 1. The molecule has 0 atom stereocenters. The minimum absolute atomic E-state index is 0.0824. The monoisotopic (exact) mass is 628 g/mol. The first-order valence-electron chi connectivity index (χ1n) is 16.2. The van der Waals surface area contributed by atoms with E-state index in [2.05, 4.69) is 27.0 Å². The number of nitrogen functional groups attached to an aromatic ring is 1. The van der Waals surface area contributed by atoms with E-state index in [1.165, 1.54) is 0 Å². The van der Waals surface area contributed by atoms with Crippen LogP contribution in [0, 0.1) is 5.82 Å². The van der Waals surface area contributed by atoms with Crippen molar-refractivity contribution in [2.45, 2.75) is 12.8 Å². The molecule has 0 spiro atoms. The third kappa shape index (κ3) is 5.91. The molecular formula is C35H41FN6O4. The van der Waals surface area contributed by atoms with Crippen LogP contribution in [-0.2, 0) is 9.47 Å². The van der Waals surface area contributed by atoms with Gasteiger partial charge in [-0.05, 0) is 48.8 Å². The Morgan fingerprint density at radius 1 is 0.935 bits per heavy atom. The lowest BCUT2D eigenvalue weighted by atomic mass is 10.0. The number of morpholine rings is 2. The second kappa shape index (κ2) is 13.3. The van der Waals surface area contributed by atoms with Gasteiger partial charge in [0.2, 0.25) is 5.43 Å². The Kier molecular flexibility index (Phi) is 8.81. The van der Waals surface area contributed by atoms with Gasteiger partial charge >= 0.3 is 0 Å². The number of nitrogens with one attached hydrogen (secondary N) is 2. The molecule has 2 fully saturated rings. The van der Waals surface area contributed by atoms with Crippen molar-refractivity contribution in [2.75, 3.05) is 89.8 Å². The second-order valence-corrected chi connectivity index (χ2v) is 12.1. The van der Waals surface area contributed by atoms with E-state index >= 15 is 4.39 Å². The third-order valence-electron chi connectivity index (χ3n) is 9.15. The normalized spacial score (nSPS) is 16.7. The van der Waals surface area contributed by atoms with Crippen LogP contribution < -0.4 is 26.5 Å². The Morgan fingerprint density at radius 3 is 2.24 bits per heavy atom. The van der Waals surface area contributed by atoms with Gasteiger partial charge in [-0.2, -0.15) is 0 Å². The van der Waals surface area contributed by atoms with Crippen LogP contribution in [0.4, 0.5) is 15.8 Å². The first-order chi connectivity index (χ1) is 22.5. The number of nitrogens with two attached hydrogens (primary N) is 1. The molecule has 0 saturated carbocycles. The molecule has 0 bridgehead atoms. The Labute approximate surface area is 267 Å². The zero-order valence-corrected chi connectivity index (χ0v) is 26.1. The highest BCUT2D eigenvalue weighted by Gasteiger charge is 2.30. The number of aromatic nitrogens is 1. The summed E-state index contributed by atoms with van der Waals surface area (Å²) in [7, 11) is 0. The molecule has 1 aromatic heterocycles. The highest BCUT2D eigenvalue weighted by molar-refractivity contribution is 6.03. The number of nitrogens with zero attached hydrogens (tertiary/aromatic N) is 3. The number of hydrogen-bond acceptors (Lipinski definition) is 9. The molecule has 0 aliphatic carbocycles. The lowest BCUT2D eigenvalue weighted by molar-refractivity contribution is 0.0375. The maximum Gasteiger partial charge on any atom is 0.201 e. The molecule has 10 nitrogen and oxygen atoms in total. The van der Waals surface area contributed by atoms with Crippen molar-refractivity contribution >= 4 is 38.7 Å². The van der Waals surface area contributed by atoms with Crippen molar-refractivity contribution in [3.63, 3.8) is 0 Å². The van der Waals surface area contributed by atoms with E-state index in [4.69, 9.17) is 19.9 Å². The van der Waals surface area contributed by atoms with Crippen LogP contribution in [0.25, 0.3) is 33.1 Å².